The molecular weight excluding hydrogens is 264 g/mol. The molecule has 2 rings (SSSR count). The van der Waals surface area contributed by atoms with Crippen LogP contribution in [0.1, 0.15) is 15.9 Å². The summed E-state index contributed by atoms with van der Waals surface area (Å²) in [5.74, 6) is -2.26. The third-order valence-corrected chi connectivity index (χ3v) is 2.79. The van der Waals surface area contributed by atoms with E-state index in [0.717, 1.165) is 17.7 Å². The smallest absolute Gasteiger partial charge is 0.261 e. The number of halogens is 2. The van der Waals surface area contributed by atoms with Gasteiger partial charge in [0.05, 0.1) is 12.8 Å². The van der Waals surface area contributed by atoms with Gasteiger partial charge in [0.15, 0.2) is 0 Å². The number of methoxy groups -OCH3 is 1. The molecule has 0 aliphatic rings. The van der Waals surface area contributed by atoms with Gasteiger partial charge in [0.1, 0.15) is 22.9 Å². The fourth-order valence-corrected chi connectivity index (χ4v) is 1.82. The Morgan fingerprint density at radius 1 is 1.15 bits per heavy atom. The topological polar surface area (TPSA) is 38.3 Å². The second kappa shape index (κ2) is 5.69. The normalized spacial score (nSPS) is 10.2. The number of aryl methyl sites for hydroxylation is 1. The molecule has 104 valence electrons. The molecule has 0 unspecified atom stereocenters. The van der Waals surface area contributed by atoms with Gasteiger partial charge in [-0.2, -0.15) is 0 Å². The summed E-state index contributed by atoms with van der Waals surface area (Å²) in [5.41, 5.74) is 0.631. The summed E-state index contributed by atoms with van der Waals surface area (Å²) in [6.07, 6.45) is 0. The molecule has 0 bridgehead atoms. The maximum Gasteiger partial charge on any atom is 0.261 e. The SMILES string of the molecule is COc1ccc(C)cc1NC(=O)c1c(F)cccc1F. The number of nitrogens with one attached hydrogen (secondary N) is 1. The van der Waals surface area contributed by atoms with E-state index < -0.39 is 23.1 Å². The average molecular weight is 277 g/mol. The Hall–Kier alpha value is -2.43. The molecule has 0 atom stereocenters. The molecule has 20 heavy (non-hydrogen) atoms. The number of anilines is 1. The van der Waals surface area contributed by atoms with Gasteiger partial charge >= 0.3 is 0 Å². The van der Waals surface area contributed by atoms with E-state index in [4.69, 9.17) is 4.74 Å². The lowest BCUT2D eigenvalue weighted by atomic mass is 10.1. The van der Waals surface area contributed by atoms with Gasteiger partial charge in [0.2, 0.25) is 0 Å². The van der Waals surface area contributed by atoms with Gasteiger partial charge in [-0.3, -0.25) is 4.79 Å². The van der Waals surface area contributed by atoms with Crippen molar-refractivity contribution in [3.63, 3.8) is 0 Å². The molecule has 5 heteroatoms. The molecule has 0 radical (unpaired) electrons. The van der Waals surface area contributed by atoms with Gasteiger partial charge in [-0.25, -0.2) is 8.78 Å². The monoisotopic (exact) mass is 277 g/mol. The number of benzene rings is 2. The van der Waals surface area contributed by atoms with Crippen molar-refractivity contribution < 1.29 is 18.3 Å². The molecule has 0 saturated carbocycles. The fraction of sp³-hybridized carbons (Fsp3) is 0.133. The van der Waals surface area contributed by atoms with Gasteiger partial charge < -0.3 is 10.1 Å². The van der Waals surface area contributed by atoms with Gasteiger partial charge in [-0.15, -0.1) is 0 Å². The van der Waals surface area contributed by atoms with Crippen LogP contribution in [0.25, 0.3) is 0 Å². The Morgan fingerprint density at radius 2 is 1.80 bits per heavy atom. The zero-order valence-corrected chi connectivity index (χ0v) is 11.0. The molecule has 0 saturated heterocycles. The highest BCUT2D eigenvalue weighted by Gasteiger charge is 2.18. The minimum absolute atomic E-state index is 0.361. The highest BCUT2D eigenvalue weighted by Crippen LogP contribution is 2.26. The van der Waals surface area contributed by atoms with Gasteiger partial charge in [0.25, 0.3) is 5.91 Å². The van der Waals surface area contributed by atoms with E-state index in [1.54, 1.807) is 18.2 Å². The highest BCUT2D eigenvalue weighted by molar-refractivity contribution is 6.05. The van der Waals surface area contributed by atoms with E-state index in [1.165, 1.54) is 13.2 Å². The predicted molar refractivity (Wildman–Crippen MR) is 72.0 cm³/mol. The van der Waals surface area contributed by atoms with Crippen LogP contribution in [0.5, 0.6) is 5.75 Å². The van der Waals surface area contributed by atoms with Crippen molar-refractivity contribution in [2.75, 3.05) is 12.4 Å². The van der Waals surface area contributed by atoms with Crippen LogP contribution in [-0.2, 0) is 0 Å². The van der Waals surface area contributed by atoms with Crippen LogP contribution in [0.2, 0.25) is 0 Å². The van der Waals surface area contributed by atoms with E-state index in [9.17, 15) is 13.6 Å². The first-order valence-corrected chi connectivity index (χ1v) is 5.93. The summed E-state index contributed by atoms with van der Waals surface area (Å²) in [4.78, 5) is 12.0. The molecule has 0 fully saturated rings. The van der Waals surface area contributed by atoms with Crippen molar-refractivity contribution in [2.24, 2.45) is 0 Å². The lowest BCUT2D eigenvalue weighted by Gasteiger charge is -2.11. The molecule has 0 aliphatic carbocycles. The lowest BCUT2D eigenvalue weighted by Crippen LogP contribution is -2.16. The van der Waals surface area contributed by atoms with E-state index in [0.29, 0.717) is 11.4 Å². The molecule has 1 N–H and O–H groups in total. The summed E-state index contributed by atoms with van der Waals surface area (Å²) in [5, 5.41) is 2.46. The lowest BCUT2D eigenvalue weighted by molar-refractivity contribution is 0.101. The van der Waals surface area contributed by atoms with Crippen molar-refractivity contribution in [3.8, 4) is 5.75 Å². The summed E-state index contributed by atoms with van der Waals surface area (Å²) in [6.45, 7) is 1.83. The standard InChI is InChI=1S/C15H13F2NO2/c1-9-6-7-13(20-2)12(8-9)18-15(19)14-10(16)4-3-5-11(14)17/h3-8H,1-2H3,(H,18,19). The quantitative estimate of drug-likeness (QED) is 0.932. The summed E-state index contributed by atoms with van der Waals surface area (Å²) >= 11 is 0. The molecule has 2 aromatic carbocycles. The van der Waals surface area contributed by atoms with E-state index >= 15 is 0 Å². The third kappa shape index (κ3) is 2.77. The number of ether oxygens (including phenoxy) is 1. The number of rotatable bonds is 3. The number of hydrogen-bond donors (Lipinski definition) is 1. The van der Waals surface area contributed by atoms with Crippen LogP contribution in [0.3, 0.4) is 0 Å². The zero-order chi connectivity index (χ0) is 14.7. The largest absolute Gasteiger partial charge is 0.495 e. The predicted octanol–water partition coefficient (Wildman–Crippen LogP) is 3.53. The molecule has 0 heterocycles. The zero-order valence-electron chi connectivity index (χ0n) is 11.0. The molecular formula is C15H13F2NO2. The summed E-state index contributed by atoms with van der Waals surface area (Å²) in [6, 6.07) is 8.40. The highest BCUT2D eigenvalue weighted by atomic mass is 19.1. The van der Waals surface area contributed by atoms with Crippen LogP contribution in [0, 0.1) is 18.6 Å². The van der Waals surface area contributed by atoms with Crippen molar-refractivity contribution in [2.45, 2.75) is 6.92 Å². The second-order valence-corrected chi connectivity index (χ2v) is 4.25. The first-order valence-electron chi connectivity index (χ1n) is 5.93. The molecule has 0 spiro atoms. The van der Waals surface area contributed by atoms with Gasteiger partial charge in [-0.05, 0) is 36.8 Å². The molecule has 2 aromatic rings. The van der Waals surface area contributed by atoms with Crippen LogP contribution >= 0.6 is 0 Å². The van der Waals surface area contributed by atoms with Crippen molar-refractivity contribution in [1.29, 1.82) is 0 Å². The number of hydrogen-bond acceptors (Lipinski definition) is 2. The van der Waals surface area contributed by atoms with E-state index in [-0.39, 0.29) is 0 Å². The Kier molecular flexibility index (Phi) is 3.98. The first-order chi connectivity index (χ1) is 9.52. The van der Waals surface area contributed by atoms with Crippen molar-refractivity contribution in [3.05, 3.63) is 59.2 Å². The third-order valence-electron chi connectivity index (χ3n) is 2.79. The Labute approximate surface area is 115 Å². The summed E-state index contributed by atoms with van der Waals surface area (Å²) < 4.78 is 32.2. The fourth-order valence-electron chi connectivity index (χ4n) is 1.82. The minimum atomic E-state index is -0.908. The maximum atomic E-state index is 13.5. The minimum Gasteiger partial charge on any atom is -0.495 e. The van der Waals surface area contributed by atoms with Crippen molar-refractivity contribution in [1.82, 2.24) is 0 Å². The molecule has 1 amide bonds. The second-order valence-electron chi connectivity index (χ2n) is 4.25. The first kappa shape index (κ1) is 14.0. The Bertz CT molecular complexity index is 636. The van der Waals surface area contributed by atoms with Gasteiger partial charge in [-0.1, -0.05) is 12.1 Å². The number of amides is 1. The van der Waals surface area contributed by atoms with Crippen molar-refractivity contribution >= 4 is 11.6 Å². The van der Waals surface area contributed by atoms with Crippen LogP contribution in [0.15, 0.2) is 36.4 Å². The van der Waals surface area contributed by atoms with Crippen LogP contribution in [0.4, 0.5) is 14.5 Å². The number of carbonyl (C=O) groups is 1. The van der Waals surface area contributed by atoms with E-state index in [1.807, 2.05) is 6.92 Å². The molecule has 0 aromatic heterocycles. The average Bonchev–Trinajstić information content (AvgIpc) is 2.38. The molecule has 0 aliphatic heterocycles. The summed E-state index contributed by atoms with van der Waals surface area (Å²) in [7, 11) is 1.45. The van der Waals surface area contributed by atoms with Gasteiger partial charge in [0, 0.05) is 0 Å². The van der Waals surface area contributed by atoms with Crippen LogP contribution in [-0.4, -0.2) is 13.0 Å². The Morgan fingerprint density at radius 3 is 2.40 bits per heavy atom. The Balaban J connectivity index is 2.35. The number of carbonyl (C=O) groups excluding carboxylic acids is 1. The van der Waals surface area contributed by atoms with Crippen LogP contribution < -0.4 is 10.1 Å². The van der Waals surface area contributed by atoms with E-state index in [2.05, 4.69) is 5.32 Å². The maximum absolute atomic E-state index is 13.5. The molecule has 3 nitrogen and oxygen atoms in total.